The predicted octanol–water partition coefficient (Wildman–Crippen LogP) is 3.68. The Morgan fingerprint density at radius 2 is 1.50 bits per heavy atom. The van der Waals surface area contributed by atoms with Gasteiger partial charge in [0.2, 0.25) is 0 Å². The second-order valence-corrected chi connectivity index (χ2v) is 5.06. The van der Waals surface area contributed by atoms with Crippen molar-refractivity contribution in [3.8, 4) is 0 Å². The normalized spacial score (nSPS) is 9.90. The SMILES string of the molecule is Cc1cc(C)cc(NC(=S)C(=O)Nc2ccccc2)c1. The van der Waals surface area contributed by atoms with E-state index in [1.807, 2.05) is 56.3 Å². The number of carbonyl (C=O) groups excluding carboxylic acids is 1. The van der Waals surface area contributed by atoms with Gasteiger partial charge in [-0.1, -0.05) is 36.5 Å². The fraction of sp³-hybridized carbons (Fsp3) is 0.125. The second-order valence-electron chi connectivity index (χ2n) is 4.65. The minimum absolute atomic E-state index is 0.152. The van der Waals surface area contributed by atoms with Crippen LogP contribution in [-0.2, 0) is 4.79 Å². The molecule has 0 atom stereocenters. The fourth-order valence-electron chi connectivity index (χ4n) is 1.94. The number of benzene rings is 2. The Morgan fingerprint density at radius 1 is 0.900 bits per heavy atom. The van der Waals surface area contributed by atoms with Gasteiger partial charge >= 0.3 is 0 Å². The zero-order valence-corrected chi connectivity index (χ0v) is 12.3. The maximum absolute atomic E-state index is 12.0. The number of hydrogen-bond acceptors (Lipinski definition) is 2. The summed E-state index contributed by atoms with van der Waals surface area (Å²) < 4.78 is 0. The molecule has 0 saturated carbocycles. The van der Waals surface area contributed by atoms with Gasteiger partial charge in [-0.3, -0.25) is 4.79 Å². The highest BCUT2D eigenvalue weighted by molar-refractivity contribution is 7.82. The van der Waals surface area contributed by atoms with Crippen LogP contribution in [0, 0.1) is 13.8 Å². The zero-order chi connectivity index (χ0) is 14.5. The molecule has 0 aliphatic carbocycles. The molecule has 0 unspecified atom stereocenters. The Kier molecular flexibility index (Phi) is 4.48. The summed E-state index contributed by atoms with van der Waals surface area (Å²) in [6.07, 6.45) is 0. The van der Waals surface area contributed by atoms with E-state index in [0.717, 1.165) is 22.5 Å². The topological polar surface area (TPSA) is 41.1 Å². The molecule has 2 N–H and O–H groups in total. The molecule has 0 aliphatic rings. The van der Waals surface area contributed by atoms with E-state index in [4.69, 9.17) is 12.2 Å². The van der Waals surface area contributed by atoms with Crippen LogP contribution in [0.1, 0.15) is 11.1 Å². The molecule has 0 heterocycles. The first-order valence-corrected chi connectivity index (χ1v) is 6.71. The molecule has 0 fully saturated rings. The molecule has 1 amide bonds. The number of aryl methyl sites for hydroxylation is 2. The van der Waals surface area contributed by atoms with Gasteiger partial charge in [-0.15, -0.1) is 0 Å². The third kappa shape index (κ3) is 3.90. The highest BCUT2D eigenvalue weighted by Crippen LogP contribution is 2.14. The van der Waals surface area contributed by atoms with Crippen molar-refractivity contribution in [3.63, 3.8) is 0 Å². The summed E-state index contributed by atoms with van der Waals surface area (Å²) in [5.74, 6) is -0.314. The monoisotopic (exact) mass is 284 g/mol. The number of rotatable bonds is 2. The van der Waals surface area contributed by atoms with E-state index in [1.54, 1.807) is 0 Å². The lowest BCUT2D eigenvalue weighted by molar-refractivity contribution is -0.110. The number of hydrogen-bond donors (Lipinski definition) is 2. The molecule has 2 aromatic rings. The first-order chi connectivity index (χ1) is 9.54. The second kappa shape index (κ2) is 6.30. The quantitative estimate of drug-likeness (QED) is 0.827. The number of carbonyl (C=O) groups is 1. The number of para-hydroxylation sites is 1. The van der Waals surface area contributed by atoms with Gasteiger partial charge in [-0.25, -0.2) is 0 Å². The van der Waals surface area contributed by atoms with E-state index in [1.165, 1.54) is 0 Å². The minimum Gasteiger partial charge on any atom is -0.342 e. The van der Waals surface area contributed by atoms with E-state index in [0.29, 0.717) is 0 Å². The van der Waals surface area contributed by atoms with Crippen LogP contribution in [0.4, 0.5) is 11.4 Å². The summed E-state index contributed by atoms with van der Waals surface area (Å²) in [5, 5.41) is 5.71. The summed E-state index contributed by atoms with van der Waals surface area (Å²) >= 11 is 5.12. The molecule has 3 nitrogen and oxygen atoms in total. The van der Waals surface area contributed by atoms with Gasteiger partial charge in [0.05, 0.1) is 0 Å². The van der Waals surface area contributed by atoms with Gasteiger partial charge in [0, 0.05) is 11.4 Å². The molecule has 4 heteroatoms. The van der Waals surface area contributed by atoms with E-state index in [9.17, 15) is 4.79 Å². The van der Waals surface area contributed by atoms with Crippen molar-refractivity contribution in [1.29, 1.82) is 0 Å². The zero-order valence-electron chi connectivity index (χ0n) is 11.4. The van der Waals surface area contributed by atoms with E-state index in [-0.39, 0.29) is 10.9 Å². The molecule has 0 aromatic heterocycles. The van der Waals surface area contributed by atoms with Gasteiger partial charge in [-0.05, 0) is 49.2 Å². The Balaban J connectivity index is 2.02. The lowest BCUT2D eigenvalue weighted by atomic mass is 10.1. The first-order valence-electron chi connectivity index (χ1n) is 6.30. The van der Waals surface area contributed by atoms with E-state index in [2.05, 4.69) is 16.7 Å². The molecular weight excluding hydrogens is 268 g/mol. The molecule has 2 aromatic carbocycles. The van der Waals surface area contributed by atoms with Crippen molar-refractivity contribution in [1.82, 2.24) is 0 Å². The molecule has 20 heavy (non-hydrogen) atoms. The third-order valence-corrected chi connectivity index (χ3v) is 3.00. The van der Waals surface area contributed by atoms with Gasteiger partial charge in [-0.2, -0.15) is 0 Å². The lowest BCUT2D eigenvalue weighted by Crippen LogP contribution is -2.27. The lowest BCUT2D eigenvalue weighted by Gasteiger charge is -2.10. The number of anilines is 2. The molecule has 102 valence electrons. The van der Waals surface area contributed by atoms with Crippen molar-refractivity contribution >= 4 is 34.5 Å². The van der Waals surface area contributed by atoms with E-state index >= 15 is 0 Å². The van der Waals surface area contributed by atoms with Crippen molar-refractivity contribution in [2.75, 3.05) is 10.6 Å². The van der Waals surface area contributed by atoms with Crippen LogP contribution in [0.2, 0.25) is 0 Å². The maximum Gasteiger partial charge on any atom is 0.283 e. The molecule has 0 aliphatic heterocycles. The molecule has 0 saturated heterocycles. The molecule has 0 spiro atoms. The Morgan fingerprint density at radius 3 is 2.10 bits per heavy atom. The van der Waals surface area contributed by atoms with Crippen LogP contribution in [0.25, 0.3) is 0 Å². The highest BCUT2D eigenvalue weighted by Gasteiger charge is 2.09. The van der Waals surface area contributed by atoms with Crippen LogP contribution < -0.4 is 10.6 Å². The smallest absolute Gasteiger partial charge is 0.283 e. The van der Waals surface area contributed by atoms with Gasteiger partial charge in [0.15, 0.2) is 4.99 Å². The highest BCUT2D eigenvalue weighted by atomic mass is 32.1. The first kappa shape index (κ1) is 14.2. The Bertz CT molecular complexity index is 618. The average Bonchev–Trinajstić information content (AvgIpc) is 2.38. The standard InChI is InChI=1S/C16H16N2OS/c1-11-8-12(2)10-14(9-11)18-16(20)15(19)17-13-6-4-3-5-7-13/h3-10H,1-2H3,(H,17,19)(H,18,20). The summed E-state index contributed by atoms with van der Waals surface area (Å²) in [4.78, 5) is 12.1. The Labute approximate surface area is 124 Å². The van der Waals surface area contributed by atoms with Crippen molar-refractivity contribution in [3.05, 3.63) is 59.7 Å². The van der Waals surface area contributed by atoms with Crippen LogP contribution in [0.5, 0.6) is 0 Å². The van der Waals surface area contributed by atoms with Gasteiger partial charge in [0.25, 0.3) is 5.91 Å². The number of nitrogens with one attached hydrogen (secondary N) is 2. The van der Waals surface area contributed by atoms with Crippen LogP contribution in [0.3, 0.4) is 0 Å². The Hall–Kier alpha value is -2.20. The maximum atomic E-state index is 12.0. The summed E-state index contributed by atoms with van der Waals surface area (Å²) in [5.41, 5.74) is 3.80. The molecular formula is C16H16N2OS. The van der Waals surface area contributed by atoms with Crippen LogP contribution in [0.15, 0.2) is 48.5 Å². The van der Waals surface area contributed by atoms with Crippen molar-refractivity contribution in [2.45, 2.75) is 13.8 Å². The molecule has 2 rings (SSSR count). The molecule has 0 radical (unpaired) electrons. The largest absolute Gasteiger partial charge is 0.342 e. The van der Waals surface area contributed by atoms with Gasteiger partial charge in [0.1, 0.15) is 0 Å². The van der Waals surface area contributed by atoms with Crippen LogP contribution >= 0.6 is 12.2 Å². The summed E-state index contributed by atoms with van der Waals surface area (Å²) in [6.45, 7) is 4.01. The number of amides is 1. The minimum atomic E-state index is -0.314. The van der Waals surface area contributed by atoms with E-state index < -0.39 is 0 Å². The van der Waals surface area contributed by atoms with Crippen molar-refractivity contribution in [2.24, 2.45) is 0 Å². The summed E-state index contributed by atoms with van der Waals surface area (Å²) in [7, 11) is 0. The average molecular weight is 284 g/mol. The predicted molar refractivity (Wildman–Crippen MR) is 87.2 cm³/mol. The fourth-order valence-corrected chi connectivity index (χ4v) is 2.11. The number of thiocarbonyl (C=S) groups is 1. The summed E-state index contributed by atoms with van der Waals surface area (Å²) in [6, 6.07) is 15.2. The van der Waals surface area contributed by atoms with Crippen molar-refractivity contribution < 1.29 is 4.79 Å². The van der Waals surface area contributed by atoms with Gasteiger partial charge < -0.3 is 10.6 Å². The molecule has 0 bridgehead atoms. The third-order valence-electron chi connectivity index (χ3n) is 2.72. The van der Waals surface area contributed by atoms with Crippen LogP contribution in [-0.4, -0.2) is 10.9 Å².